The molecule has 0 amide bonds. The summed E-state index contributed by atoms with van der Waals surface area (Å²) in [6.07, 6.45) is 3.23. The number of rotatable bonds is 8. The highest BCUT2D eigenvalue weighted by Crippen LogP contribution is 2.42. The molecule has 34 heavy (non-hydrogen) atoms. The first-order valence-electron chi connectivity index (χ1n) is 11.3. The SMILES string of the molecule is C[Si](C)(C)CCOCn1c(S(C)(=O)=O)nc2c(F)c(-c3ccc(C4(O)CCC4)cc3)c(F)cc21. The van der Waals surface area contributed by atoms with Crippen molar-refractivity contribution >= 4 is 28.9 Å². The molecule has 6 nitrogen and oxygen atoms in total. The number of aliphatic hydroxyl groups is 1. The van der Waals surface area contributed by atoms with Gasteiger partial charge < -0.3 is 9.84 Å². The fourth-order valence-corrected chi connectivity index (χ4v) is 5.69. The summed E-state index contributed by atoms with van der Waals surface area (Å²) in [7, 11) is -5.19. The van der Waals surface area contributed by atoms with Gasteiger partial charge in [-0.25, -0.2) is 22.2 Å². The Morgan fingerprint density at radius 3 is 2.35 bits per heavy atom. The molecule has 1 N–H and O–H groups in total. The molecule has 0 radical (unpaired) electrons. The molecule has 2 aromatic carbocycles. The van der Waals surface area contributed by atoms with E-state index in [2.05, 4.69) is 24.6 Å². The smallest absolute Gasteiger partial charge is 0.230 e. The van der Waals surface area contributed by atoms with Crippen LogP contribution in [0.3, 0.4) is 0 Å². The predicted octanol–water partition coefficient (Wildman–Crippen LogP) is 5.07. The minimum Gasteiger partial charge on any atom is -0.385 e. The molecule has 0 aliphatic heterocycles. The lowest BCUT2D eigenvalue weighted by Crippen LogP contribution is -2.33. The van der Waals surface area contributed by atoms with Gasteiger partial charge in [0, 0.05) is 27.0 Å². The topological polar surface area (TPSA) is 81.4 Å². The van der Waals surface area contributed by atoms with Gasteiger partial charge in [0.2, 0.25) is 15.0 Å². The van der Waals surface area contributed by atoms with Crippen molar-refractivity contribution in [2.24, 2.45) is 0 Å². The number of nitrogens with zero attached hydrogens (tertiary/aromatic N) is 2. The number of benzene rings is 2. The molecule has 1 aliphatic carbocycles. The molecule has 1 saturated carbocycles. The lowest BCUT2D eigenvalue weighted by molar-refractivity contribution is -0.0387. The Bertz CT molecular complexity index is 1330. The minimum atomic E-state index is -3.82. The Morgan fingerprint density at radius 2 is 1.82 bits per heavy atom. The van der Waals surface area contributed by atoms with Crippen LogP contribution in [0.15, 0.2) is 35.5 Å². The zero-order chi connectivity index (χ0) is 24.9. The second-order valence-corrected chi connectivity index (χ2v) is 17.9. The molecule has 3 aromatic rings. The molecule has 1 heterocycles. The van der Waals surface area contributed by atoms with Gasteiger partial charge in [-0.2, -0.15) is 0 Å². The average molecular weight is 509 g/mol. The van der Waals surface area contributed by atoms with E-state index in [1.807, 2.05) is 0 Å². The Kier molecular flexibility index (Phi) is 6.47. The zero-order valence-electron chi connectivity index (χ0n) is 19.9. The summed E-state index contributed by atoms with van der Waals surface area (Å²) in [5.74, 6) is -1.76. The molecule has 0 spiro atoms. The van der Waals surface area contributed by atoms with Crippen molar-refractivity contribution in [2.75, 3.05) is 12.9 Å². The summed E-state index contributed by atoms with van der Waals surface area (Å²) in [5.41, 5.74) is -0.379. The lowest BCUT2D eigenvalue weighted by atomic mass is 9.75. The number of fused-ring (bicyclic) bond motifs is 1. The Morgan fingerprint density at radius 1 is 1.18 bits per heavy atom. The summed E-state index contributed by atoms with van der Waals surface area (Å²) in [4.78, 5) is 4.04. The fraction of sp³-hybridized carbons (Fsp3) is 0.458. The van der Waals surface area contributed by atoms with Crippen LogP contribution in [0.2, 0.25) is 25.7 Å². The van der Waals surface area contributed by atoms with Crippen molar-refractivity contribution in [1.29, 1.82) is 0 Å². The normalized spacial score (nSPS) is 16.1. The highest BCUT2D eigenvalue weighted by Gasteiger charge is 2.36. The summed E-state index contributed by atoms with van der Waals surface area (Å²) < 4.78 is 62.4. The largest absolute Gasteiger partial charge is 0.385 e. The average Bonchev–Trinajstić information content (AvgIpc) is 3.08. The van der Waals surface area contributed by atoms with E-state index in [9.17, 15) is 13.5 Å². The molecule has 10 heteroatoms. The van der Waals surface area contributed by atoms with Gasteiger partial charge >= 0.3 is 0 Å². The number of sulfone groups is 1. The van der Waals surface area contributed by atoms with Crippen LogP contribution >= 0.6 is 0 Å². The fourth-order valence-electron chi connectivity index (χ4n) is 4.12. The standard InChI is InChI=1S/C24H30F2N2O4SSi/c1-33(30,31)23-27-22-19(28(23)15-32-12-13-34(2,3)4)14-18(25)20(21(22)26)16-6-8-17(9-7-16)24(29)10-5-11-24/h6-9,14,29H,5,10-13,15H2,1-4H3. The lowest BCUT2D eigenvalue weighted by Gasteiger charge is -2.37. The number of ether oxygens (including phenoxy) is 1. The zero-order valence-corrected chi connectivity index (χ0v) is 21.7. The van der Waals surface area contributed by atoms with Crippen molar-refractivity contribution in [2.45, 2.75) is 62.4 Å². The quantitative estimate of drug-likeness (QED) is 0.339. The van der Waals surface area contributed by atoms with Crippen LogP contribution < -0.4 is 0 Å². The van der Waals surface area contributed by atoms with E-state index < -0.39 is 35.1 Å². The van der Waals surface area contributed by atoms with Crippen LogP contribution in [-0.2, 0) is 26.9 Å². The second-order valence-electron chi connectivity index (χ2n) is 10.3. The molecule has 0 bridgehead atoms. The van der Waals surface area contributed by atoms with Gasteiger partial charge in [0.15, 0.2) is 5.82 Å². The Hall–Kier alpha value is -2.14. The highest BCUT2D eigenvalue weighted by atomic mass is 32.2. The second kappa shape index (κ2) is 8.82. The maximum absolute atomic E-state index is 15.6. The monoisotopic (exact) mass is 508 g/mol. The van der Waals surface area contributed by atoms with Crippen LogP contribution in [-0.4, -0.2) is 44.0 Å². The first kappa shape index (κ1) is 25.0. The van der Waals surface area contributed by atoms with E-state index in [0.717, 1.165) is 24.8 Å². The van der Waals surface area contributed by atoms with E-state index >= 15 is 8.78 Å². The summed E-state index contributed by atoms with van der Waals surface area (Å²) >= 11 is 0. The molecule has 0 saturated heterocycles. The molecular formula is C24H30F2N2O4SSi. The van der Waals surface area contributed by atoms with E-state index in [-0.39, 0.29) is 34.0 Å². The predicted molar refractivity (Wildman–Crippen MR) is 130 cm³/mol. The number of aromatic nitrogens is 2. The third-order valence-corrected chi connectivity index (χ3v) is 9.02. The first-order chi connectivity index (χ1) is 15.8. The van der Waals surface area contributed by atoms with Crippen LogP contribution in [0.25, 0.3) is 22.2 Å². The van der Waals surface area contributed by atoms with Crippen molar-refractivity contribution < 1.29 is 27.0 Å². The molecule has 1 aliphatic rings. The Labute approximate surface area is 199 Å². The summed E-state index contributed by atoms with van der Waals surface area (Å²) in [5, 5.41) is 10.1. The van der Waals surface area contributed by atoms with Gasteiger partial charge in [0.05, 0.1) is 16.7 Å². The van der Waals surface area contributed by atoms with Crippen molar-refractivity contribution in [3.05, 3.63) is 47.5 Å². The third kappa shape index (κ3) is 4.82. The number of imidazole rings is 1. The van der Waals surface area contributed by atoms with E-state index in [4.69, 9.17) is 4.74 Å². The number of hydrogen-bond donors (Lipinski definition) is 1. The van der Waals surface area contributed by atoms with Gasteiger partial charge in [-0.05, 0) is 36.4 Å². The highest BCUT2D eigenvalue weighted by molar-refractivity contribution is 7.90. The third-order valence-electron chi connectivity index (χ3n) is 6.34. The molecule has 1 aromatic heterocycles. The van der Waals surface area contributed by atoms with Gasteiger partial charge in [0.25, 0.3) is 0 Å². The Balaban J connectivity index is 1.74. The molecule has 0 atom stereocenters. The van der Waals surface area contributed by atoms with Crippen LogP contribution in [0.1, 0.15) is 24.8 Å². The number of hydrogen-bond acceptors (Lipinski definition) is 5. The van der Waals surface area contributed by atoms with Gasteiger partial charge in [-0.15, -0.1) is 0 Å². The molecular weight excluding hydrogens is 478 g/mol. The maximum atomic E-state index is 15.6. The van der Waals surface area contributed by atoms with Crippen LogP contribution in [0.4, 0.5) is 8.78 Å². The molecule has 1 fully saturated rings. The van der Waals surface area contributed by atoms with E-state index in [1.54, 1.807) is 24.3 Å². The number of halogens is 2. The summed E-state index contributed by atoms with van der Waals surface area (Å²) in [6, 6.07) is 8.44. The van der Waals surface area contributed by atoms with Gasteiger partial charge in [-0.3, -0.25) is 4.57 Å². The molecule has 4 rings (SSSR count). The van der Waals surface area contributed by atoms with Crippen molar-refractivity contribution in [3.63, 3.8) is 0 Å². The molecule has 184 valence electrons. The van der Waals surface area contributed by atoms with Crippen molar-refractivity contribution in [3.8, 4) is 11.1 Å². The first-order valence-corrected chi connectivity index (χ1v) is 16.9. The van der Waals surface area contributed by atoms with Gasteiger partial charge in [0.1, 0.15) is 18.1 Å². The van der Waals surface area contributed by atoms with Gasteiger partial charge in [-0.1, -0.05) is 43.9 Å². The van der Waals surface area contributed by atoms with E-state index in [1.165, 1.54) is 4.57 Å². The maximum Gasteiger partial charge on any atom is 0.230 e. The van der Waals surface area contributed by atoms with Crippen LogP contribution in [0, 0.1) is 11.6 Å². The van der Waals surface area contributed by atoms with Crippen molar-refractivity contribution in [1.82, 2.24) is 9.55 Å². The molecule has 0 unspecified atom stereocenters. The minimum absolute atomic E-state index is 0.0209. The summed E-state index contributed by atoms with van der Waals surface area (Å²) in [6.45, 7) is 6.82. The van der Waals surface area contributed by atoms with Crippen LogP contribution in [0.5, 0.6) is 0 Å². The van der Waals surface area contributed by atoms with E-state index in [0.29, 0.717) is 25.0 Å².